The topological polar surface area (TPSA) is 44.8 Å². The van der Waals surface area contributed by atoms with Gasteiger partial charge in [-0.2, -0.15) is 0 Å². The van der Waals surface area contributed by atoms with Crippen LogP contribution in [0.25, 0.3) is 0 Å². The molecule has 0 bridgehead atoms. The monoisotopic (exact) mass is 331 g/mol. The molecule has 0 radical (unpaired) electrons. The summed E-state index contributed by atoms with van der Waals surface area (Å²) < 4.78 is 5.40. The van der Waals surface area contributed by atoms with Gasteiger partial charge >= 0.3 is 6.03 Å². The first kappa shape index (κ1) is 17.2. The quantitative estimate of drug-likeness (QED) is 0.902. The van der Waals surface area contributed by atoms with E-state index in [0.29, 0.717) is 5.92 Å². The third-order valence-electron chi connectivity index (χ3n) is 4.94. The number of rotatable bonds is 5. The van der Waals surface area contributed by atoms with Crippen LogP contribution < -0.4 is 5.32 Å². The van der Waals surface area contributed by atoms with Crippen molar-refractivity contribution in [1.82, 2.24) is 9.80 Å². The Labute approximate surface area is 145 Å². The van der Waals surface area contributed by atoms with E-state index in [9.17, 15) is 4.79 Å². The first-order chi connectivity index (χ1) is 11.7. The second kappa shape index (κ2) is 8.49. The van der Waals surface area contributed by atoms with E-state index in [1.54, 1.807) is 0 Å². The molecule has 132 valence electrons. The zero-order valence-corrected chi connectivity index (χ0v) is 14.7. The van der Waals surface area contributed by atoms with E-state index in [2.05, 4.69) is 29.3 Å². The molecule has 5 heteroatoms. The number of likely N-dealkylation sites (tertiary alicyclic amines) is 1. The highest BCUT2D eigenvalue weighted by Crippen LogP contribution is 2.20. The molecule has 24 heavy (non-hydrogen) atoms. The summed E-state index contributed by atoms with van der Waals surface area (Å²) in [6, 6.07) is 8.24. The molecule has 0 saturated carbocycles. The molecule has 1 atom stereocenters. The van der Waals surface area contributed by atoms with Gasteiger partial charge < -0.3 is 15.0 Å². The number of carbonyl (C=O) groups is 1. The summed E-state index contributed by atoms with van der Waals surface area (Å²) in [6.07, 6.45) is 3.33. The molecule has 0 spiro atoms. The zero-order valence-electron chi connectivity index (χ0n) is 14.7. The summed E-state index contributed by atoms with van der Waals surface area (Å²) >= 11 is 0. The van der Waals surface area contributed by atoms with Crippen LogP contribution in [-0.4, -0.2) is 61.8 Å². The van der Waals surface area contributed by atoms with E-state index in [0.717, 1.165) is 70.9 Å². The molecule has 3 rings (SSSR count). The summed E-state index contributed by atoms with van der Waals surface area (Å²) in [6.45, 7) is 8.69. The maximum absolute atomic E-state index is 12.4. The zero-order chi connectivity index (χ0) is 16.8. The van der Waals surface area contributed by atoms with Crippen molar-refractivity contribution in [2.45, 2.75) is 26.2 Å². The van der Waals surface area contributed by atoms with Crippen LogP contribution in [-0.2, 0) is 11.2 Å². The van der Waals surface area contributed by atoms with Crippen LogP contribution in [0.15, 0.2) is 24.3 Å². The molecule has 2 aliphatic heterocycles. The Morgan fingerprint density at radius 1 is 1.21 bits per heavy atom. The van der Waals surface area contributed by atoms with Gasteiger partial charge in [0.15, 0.2) is 0 Å². The molecule has 0 aromatic heterocycles. The fourth-order valence-corrected chi connectivity index (χ4v) is 3.56. The highest BCUT2D eigenvalue weighted by molar-refractivity contribution is 5.89. The van der Waals surface area contributed by atoms with Crippen molar-refractivity contribution in [2.75, 3.05) is 51.3 Å². The Bertz CT molecular complexity index is 526. The van der Waals surface area contributed by atoms with E-state index in [4.69, 9.17) is 4.74 Å². The van der Waals surface area contributed by atoms with E-state index in [1.807, 2.05) is 17.0 Å². The van der Waals surface area contributed by atoms with Crippen LogP contribution in [0.4, 0.5) is 10.5 Å². The predicted octanol–water partition coefficient (Wildman–Crippen LogP) is 2.83. The normalized spacial score (nSPS) is 21.9. The number of anilines is 1. The van der Waals surface area contributed by atoms with Crippen molar-refractivity contribution >= 4 is 11.7 Å². The largest absolute Gasteiger partial charge is 0.379 e. The summed E-state index contributed by atoms with van der Waals surface area (Å²) in [5.41, 5.74) is 2.21. The molecule has 1 unspecified atom stereocenters. The number of ether oxygens (including phenoxy) is 1. The summed E-state index contributed by atoms with van der Waals surface area (Å²) in [5, 5.41) is 3.03. The molecule has 1 aromatic carbocycles. The average Bonchev–Trinajstić information content (AvgIpc) is 3.06. The molecule has 5 nitrogen and oxygen atoms in total. The fraction of sp³-hybridized carbons (Fsp3) is 0.632. The molecule has 2 amide bonds. The second-order valence-corrected chi connectivity index (χ2v) is 6.89. The first-order valence-corrected chi connectivity index (χ1v) is 9.19. The Morgan fingerprint density at radius 2 is 1.96 bits per heavy atom. The summed E-state index contributed by atoms with van der Waals surface area (Å²) in [7, 11) is 0. The number of urea groups is 1. The SMILES string of the molecule is CCCc1ccc(NC(=O)N2CCC(CN3CCOCC3)C2)cc1. The van der Waals surface area contributed by atoms with Crippen LogP contribution in [0.2, 0.25) is 0 Å². The van der Waals surface area contributed by atoms with Crippen molar-refractivity contribution in [3.63, 3.8) is 0 Å². The number of carbonyl (C=O) groups excluding carboxylic acids is 1. The van der Waals surface area contributed by atoms with Gasteiger partial charge in [-0.1, -0.05) is 25.5 Å². The minimum Gasteiger partial charge on any atom is -0.379 e. The third-order valence-corrected chi connectivity index (χ3v) is 4.94. The van der Waals surface area contributed by atoms with Crippen LogP contribution in [0, 0.1) is 5.92 Å². The Balaban J connectivity index is 1.45. The molecule has 1 aromatic rings. The summed E-state index contributed by atoms with van der Waals surface area (Å²) in [4.78, 5) is 16.9. The lowest BCUT2D eigenvalue weighted by molar-refractivity contribution is 0.0314. The number of morpholine rings is 1. The number of nitrogens with zero attached hydrogens (tertiary/aromatic N) is 2. The highest BCUT2D eigenvalue weighted by Gasteiger charge is 2.28. The molecule has 2 heterocycles. The highest BCUT2D eigenvalue weighted by atomic mass is 16.5. The van der Waals surface area contributed by atoms with Gasteiger partial charge in [0, 0.05) is 38.4 Å². The molecular weight excluding hydrogens is 302 g/mol. The van der Waals surface area contributed by atoms with Crippen molar-refractivity contribution in [2.24, 2.45) is 5.92 Å². The minimum absolute atomic E-state index is 0.0303. The van der Waals surface area contributed by atoms with E-state index >= 15 is 0 Å². The van der Waals surface area contributed by atoms with Gasteiger partial charge in [0.1, 0.15) is 0 Å². The maximum atomic E-state index is 12.4. The van der Waals surface area contributed by atoms with Gasteiger partial charge in [-0.3, -0.25) is 4.90 Å². The molecule has 2 aliphatic rings. The van der Waals surface area contributed by atoms with Gasteiger partial charge in [0.2, 0.25) is 0 Å². The van der Waals surface area contributed by atoms with Gasteiger partial charge in [-0.15, -0.1) is 0 Å². The predicted molar refractivity (Wildman–Crippen MR) is 96.4 cm³/mol. The Morgan fingerprint density at radius 3 is 2.67 bits per heavy atom. The lowest BCUT2D eigenvalue weighted by atomic mass is 10.1. The smallest absolute Gasteiger partial charge is 0.321 e. The van der Waals surface area contributed by atoms with Crippen molar-refractivity contribution in [1.29, 1.82) is 0 Å². The Kier molecular flexibility index (Phi) is 6.10. The number of hydrogen-bond acceptors (Lipinski definition) is 3. The molecule has 2 fully saturated rings. The molecule has 1 N–H and O–H groups in total. The maximum Gasteiger partial charge on any atom is 0.321 e. The fourth-order valence-electron chi connectivity index (χ4n) is 3.56. The van der Waals surface area contributed by atoms with Gasteiger partial charge in [-0.05, 0) is 36.5 Å². The van der Waals surface area contributed by atoms with Crippen molar-refractivity contribution in [3.8, 4) is 0 Å². The van der Waals surface area contributed by atoms with Crippen LogP contribution in [0.5, 0.6) is 0 Å². The minimum atomic E-state index is 0.0303. The van der Waals surface area contributed by atoms with Crippen LogP contribution in [0.3, 0.4) is 0 Å². The van der Waals surface area contributed by atoms with E-state index in [-0.39, 0.29) is 6.03 Å². The first-order valence-electron chi connectivity index (χ1n) is 9.19. The van der Waals surface area contributed by atoms with Gasteiger partial charge in [-0.25, -0.2) is 4.79 Å². The van der Waals surface area contributed by atoms with Crippen LogP contribution >= 0.6 is 0 Å². The summed E-state index contributed by atoms with van der Waals surface area (Å²) in [5.74, 6) is 0.584. The number of nitrogens with one attached hydrogen (secondary N) is 1. The van der Waals surface area contributed by atoms with Gasteiger partial charge in [0.25, 0.3) is 0 Å². The van der Waals surface area contributed by atoms with E-state index < -0.39 is 0 Å². The second-order valence-electron chi connectivity index (χ2n) is 6.89. The molecule has 0 aliphatic carbocycles. The van der Waals surface area contributed by atoms with Crippen LogP contribution in [0.1, 0.15) is 25.3 Å². The van der Waals surface area contributed by atoms with E-state index in [1.165, 1.54) is 5.56 Å². The van der Waals surface area contributed by atoms with Crippen molar-refractivity contribution < 1.29 is 9.53 Å². The molecule has 2 saturated heterocycles. The van der Waals surface area contributed by atoms with Gasteiger partial charge in [0.05, 0.1) is 13.2 Å². The number of aryl methyl sites for hydroxylation is 1. The number of benzene rings is 1. The third kappa shape index (κ3) is 4.71. The Hall–Kier alpha value is -1.59. The molecular formula is C19H29N3O2. The number of hydrogen-bond donors (Lipinski definition) is 1. The van der Waals surface area contributed by atoms with Crippen molar-refractivity contribution in [3.05, 3.63) is 29.8 Å². The number of amides is 2. The lowest BCUT2D eigenvalue weighted by Crippen LogP contribution is -2.40. The average molecular weight is 331 g/mol. The standard InChI is InChI=1S/C19H29N3O2/c1-2-3-16-4-6-18(7-5-16)20-19(23)22-9-8-17(15-22)14-21-10-12-24-13-11-21/h4-7,17H,2-3,8-15H2,1H3,(H,20,23). The lowest BCUT2D eigenvalue weighted by Gasteiger charge is -2.29.